The van der Waals surface area contributed by atoms with E-state index in [1.54, 1.807) is 6.92 Å². The number of sulfonamides is 1. The van der Waals surface area contributed by atoms with E-state index in [1.165, 1.54) is 16.1 Å². The summed E-state index contributed by atoms with van der Waals surface area (Å²) in [5.74, 6) is 0.0882. The fraction of sp³-hybridized carbons (Fsp3) is 0.381. The Morgan fingerprint density at radius 1 is 1.07 bits per heavy atom. The third-order valence-electron chi connectivity index (χ3n) is 4.90. The van der Waals surface area contributed by atoms with E-state index in [9.17, 15) is 13.2 Å². The first-order valence-corrected chi connectivity index (χ1v) is 12.0. The number of hydrogen-bond acceptors (Lipinski definition) is 4. The highest BCUT2D eigenvalue weighted by Crippen LogP contribution is 2.35. The van der Waals surface area contributed by atoms with Crippen LogP contribution in [0.3, 0.4) is 0 Å². The Hall–Kier alpha value is -1.83. The van der Waals surface area contributed by atoms with Gasteiger partial charge in [0.25, 0.3) is 0 Å². The maximum absolute atomic E-state index is 13.1. The SMILES string of the molecule is CCS(=O)(=O)N1CCC(NC(=O)[C@@H](Sc2ccccc2)c2ccccc2)CC1. The number of thioether (sulfide) groups is 1. The second kappa shape index (κ2) is 9.58. The van der Waals surface area contributed by atoms with E-state index >= 15 is 0 Å². The van der Waals surface area contributed by atoms with Gasteiger partial charge < -0.3 is 5.32 Å². The van der Waals surface area contributed by atoms with Crippen molar-refractivity contribution in [3.63, 3.8) is 0 Å². The summed E-state index contributed by atoms with van der Waals surface area (Å²) in [6.07, 6.45) is 1.28. The van der Waals surface area contributed by atoms with Crippen LogP contribution in [-0.4, -0.2) is 43.5 Å². The molecule has 0 aliphatic carbocycles. The predicted molar refractivity (Wildman–Crippen MR) is 114 cm³/mol. The van der Waals surface area contributed by atoms with Gasteiger partial charge in [0.15, 0.2) is 0 Å². The molecule has 2 aromatic carbocycles. The van der Waals surface area contributed by atoms with Gasteiger partial charge in [-0.05, 0) is 37.5 Å². The summed E-state index contributed by atoms with van der Waals surface area (Å²) in [7, 11) is -3.16. The van der Waals surface area contributed by atoms with Gasteiger partial charge in [-0.25, -0.2) is 12.7 Å². The molecule has 0 unspecified atom stereocenters. The quantitative estimate of drug-likeness (QED) is 0.700. The highest BCUT2D eigenvalue weighted by atomic mass is 32.2. The molecule has 0 spiro atoms. The number of carbonyl (C=O) groups is 1. The Kier molecular flexibility index (Phi) is 7.15. The van der Waals surface area contributed by atoms with Crippen LogP contribution in [0.4, 0.5) is 0 Å². The molecule has 1 aliphatic rings. The molecule has 5 nitrogen and oxygen atoms in total. The minimum atomic E-state index is -3.16. The third-order valence-corrected chi connectivity index (χ3v) is 8.04. The molecule has 150 valence electrons. The lowest BCUT2D eigenvalue weighted by atomic mass is 10.1. The largest absolute Gasteiger partial charge is 0.352 e. The fourth-order valence-electron chi connectivity index (χ4n) is 3.27. The van der Waals surface area contributed by atoms with Crippen molar-refractivity contribution in [3.8, 4) is 0 Å². The second-order valence-corrected chi connectivity index (χ2v) is 10.2. The number of hydrogen-bond donors (Lipinski definition) is 1. The van der Waals surface area contributed by atoms with Crippen molar-refractivity contribution < 1.29 is 13.2 Å². The molecule has 1 heterocycles. The van der Waals surface area contributed by atoms with Gasteiger partial charge in [-0.1, -0.05) is 48.5 Å². The maximum Gasteiger partial charge on any atom is 0.238 e. The van der Waals surface area contributed by atoms with E-state index in [1.807, 2.05) is 60.7 Å². The van der Waals surface area contributed by atoms with Crippen LogP contribution in [0.25, 0.3) is 0 Å². The first-order valence-electron chi connectivity index (χ1n) is 9.54. The molecule has 1 fully saturated rings. The third kappa shape index (κ3) is 5.37. The molecule has 1 atom stereocenters. The first-order chi connectivity index (χ1) is 13.5. The average Bonchev–Trinajstić information content (AvgIpc) is 2.73. The van der Waals surface area contributed by atoms with Crippen LogP contribution >= 0.6 is 11.8 Å². The molecule has 28 heavy (non-hydrogen) atoms. The van der Waals surface area contributed by atoms with Crippen LogP contribution < -0.4 is 5.32 Å². The summed E-state index contributed by atoms with van der Waals surface area (Å²) >= 11 is 1.53. The Morgan fingerprint density at radius 2 is 1.64 bits per heavy atom. The number of nitrogens with one attached hydrogen (secondary N) is 1. The van der Waals surface area contributed by atoms with Gasteiger partial charge in [-0.2, -0.15) is 0 Å². The van der Waals surface area contributed by atoms with Gasteiger partial charge in [0.2, 0.25) is 15.9 Å². The molecule has 1 aliphatic heterocycles. The lowest BCUT2D eigenvalue weighted by Crippen LogP contribution is -2.47. The van der Waals surface area contributed by atoms with Crippen LogP contribution in [0, 0.1) is 0 Å². The van der Waals surface area contributed by atoms with E-state index in [4.69, 9.17) is 0 Å². The van der Waals surface area contributed by atoms with Crippen LogP contribution in [0.2, 0.25) is 0 Å². The number of piperidine rings is 1. The molecular weight excluding hydrogens is 392 g/mol. The number of benzene rings is 2. The smallest absolute Gasteiger partial charge is 0.238 e. The minimum absolute atomic E-state index is 0.00149. The molecule has 0 aromatic heterocycles. The Labute approximate surface area is 171 Å². The average molecular weight is 419 g/mol. The molecule has 1 amide bonds. The molecule has 0 radical (unpaired) electrons. The zero-order valence-electron chi connectivity index (χ0n) is 16.0. The molecule has 1 saturated heterocycles. The molecule has 7 heteroatoms. The van der Waals surface area contributed by atoms with E-state index in [0.29, 0.717) is 25.9 Å². The number of nitrogens with zero attached hydrogens (tertiary/aromatic N) is 1. The van der Waals surface area contributed by atoms with Gasteiger partial charge >= 0.3 is 0 Å². The summed E-state index contributed by atoms with van der Waals surface area (Å²) < 4.78 is 25.6. The van der Waals surface area contributed by atoms with Crippen LogP contribution in [0.1, 0.15) is 30.6 Å². The van der Waals surface area contributed by atoms with Gasteiger partial charge in [0.05, 0.1) is 5.75 Å². The summed E-state index contributed by atoms with van der Waals surface area (Å²) in [4.78, 5) is 14.1. The van der Waals surface area contributed by atoms with Crippen molar-refractivity contribution >= 4 is 27.7 Å². The van der Waals surface area contributed by atoms with Gasteiger partial charge in [0.1, 0.15) is 5.25 Å². The van der Waals surface area contributed by atoms with E-state index in [0.717, 1.165) is 10.5 Å². The Bertz CT molecular complexity index is 865. The predicted octanol–water partition coefficient (Wildman–Crippen LogP) is 3.45. The molecule has 2 aromatic rings. The lowest BCUT2D eigenvalue weighted by molar-refractivity contribution is -0.121. The summed E-state index contributed by atoms with van der Waals surface area (Å²) in [5.41, 5.74) is 0.958. The van der Waals surface area contributed by atoms with Gasteiger partial charge in [-0.15, -0.1) is 11.8 Å². The van der Waals surface area contributed by atoms with Gasteiger partial charge in [-0.3, -0.25) is 4.79 Å². The van der Waals surface area contributed by atoms with Crippen molar-refractivity contribution in [2.45, 2.75) is 36.0 Å². The standard InChI is InChI=1S/C21H26N2O3S2/c1-2-28(25,26)23-15-13-18(14-16-23)22-21(24)20(17-9-5-3-6-10-17)27-19-11-7-4-8-12-19/h3-12,18,20H,2,13-16H2,1H3,(H,22,24)/t20-/m0/s1. The number of rotatable bonds is 7. The Balaban J connectivity index is 1.67. The van der Waals surface area contributed by atoms with Crippen molar-refractivity contribution in [2.24, 2.45) is 0 Å². The van der Waals surface area contributed by atoms with Crippen LogP contribution in [-0.2, 0) is 14.8 Å². The molecule has 3 rings (SSSR count). The lowest BCUT2D eigenvalue weighted by Gasteiger charge is -2.32. The first kappa shape index (κ1) is 20.9. The van der Waals surface area contributed by atoms with Crippen LogP contribution in [0.5, 0.6) is 0 Å². The van der Waals surface area contributed by atoms with E-state index in [-0.39, 0.29) is 23.0 Å². The van der Waals surface area contributed by atoms with Crippen LogP contribution in [0.15, 0.2) is 65.6 Å². The highest BCUT2D eigenvalue weighted by Gasteiger charge is 2.29. The zero-order valence-corrected chi connectivity index (χ0v) is 17.6. The molecular formula is C21H26N2O3S2. The summed E-state index contributed by atoms with van der Waals surface area (Å²) in [6.45, 7) is 2.58. The molecule has 1 N–H and O–H groups in total. The molecule has 0 saturated carbocycles. The molecule has 0 bridgehead atoms. The van der Waals surface area contributed by atoms with E-state index < -0.39 is 10.0 Å². The number of amides is 1. The minimum Gasteiger partial charge on any atom is -0.352 e. The topological polar surface area (TPSA) is 66.5 Å². The van der Waals surface area contributed by atoms with Crippen molar-refractivity contribution in [1.29, 1.82) is 0 Å². The van der Waals surface area contributed by atoms with Crippen molar-refractivity contribution in [2.75, 3.05) is 18.8 Å². The van der Waals surface area contributed by atoms with Gasteiger partial charge in [0, 0.05) is 24.0 Å². The second-order valence-electron chi connectivity index (χ2n) is 6.80. The van der Waals surface area contributed by atoms with Crippen molar-refractivity contribution in [3.05, 3.63) is 66.2 Å². The monoisotopic (exact) mass is 418 g/mol. The van der Waals surface area contributed by atoms with E-state index in [2.05, 4.69) is 5.32 Å². The maximum atomic E-state index is 13.1. The Morgan fingerprint density at radius 3 is 2.21 bits per heavy atom. The number of carbonyl (C=O) groups excluding carboxylic acids is 1. The highest BCUT2D eigenvalue weighted by molar-refractivity contribution is 8.00. The summed E-state index contributed by atoms with van der Waals surface area (Å²) in [6, 6.07) is 19.6. The fourth-order valence-corrected chi connectivity index (χ4v) is 5.46. The summed E-state index contributed by atoms with van der Waals surface area (Å²) in [5, 5.41) is 2.80. The zero-order chi connectivity index (χ0) is 20.0. The van der Waals surface area contributed by atoms with Crippen molar-refractivity contribution in [1.82, 2.24) is 9.62 Å². The normalized spacial score (nSPS) is 17.2.